The van der Waals surface area contributed by atoms with Crippen LogP contribution in [0.25, 0.3) is 0 Å². The minimum atomic E-state index is -4.33. The van der Waals surface area contributed by atoms with Crippen molar-refractivity contribution in [3.05, 3.63) is 29.3 Å². The number of benzene rings is 1. The van der Waals surface area contributed by atoms with Crippen LogP contribution in [-0.4, -0.2) is 6.10 Å². The van der Waals surface area contributed by atoms with Crippen molar-refractivity contribution < 1.29 is 17.9 Å². The van der Waals surface area contributed by atoms with Crippen LogP contribution in [0.5, 0.6) is 5.75 Å². The summed E-state index contributed by atoms with van der Waals surface area (Å²) in [5.74, 6) is 0.705. The van der Waals surface area contributed by atoms with Crippen LogP contribution in [0.1, 0.15) is 30.0 Å². The maximum absolute atomic E-state index is 12.5. The van der Waals surface area contributed by atoms with E-state index in [9.17, 15) is 13.2 Å². The molecule has 0 radical (unpaired) electrons. The maximum atomic E-state index is 12.5. The molecule has 0 saturated heterocycles. The predicted molar refractivity (Wildman–Crippen MR) is 55.5 cm³/mol. The van der Waals surface area contributed by atoms with Gasteiger partial charge < -0.3 is 10.5 Å². The van der Waals surface area contributed by atoms with Crippen LogP contribution in [0.2, 0.25) is 0 Å². The predicted octanol–water partition coefficient (Wildman–Crippen LogP) is 2.88. The molecule has 0 spiro atoms. The summed E-state index contributed by atoms with van der Waals surface area (Å²) in [4.78, 5) is 0. The van der Waals surface area contributed by atoms with Gasteiger partial charge in [-0.05, 0) is 30.9 Å². The summed E-state index contributed by atoms with van der Waals surface area (Å²) in [6.07, 6.45) is -2.37. The molecule has 1 saturated carbocycles. The number of hydrogen-bond acceptors (Lipinski definition) is 2. The molecular formula is C12H12F3NO. The number of ether oxygens (including phenoxy) is 1. The Bertz CT molecular complexity index is 454. The normalized spacial score (nSPS) is 27.8. The molecule has 0 bridgehead atoms. The third-order valence-corrected chi connectivity index (χ3v) is 3.40. The fourth-order valence-electron chi connectivity index (χ4n) is 2.30. The first-order valence-corrected chi connectivity index (χ1v) is 5.60. The Morgan fingerprint density at radius 3 is 2.53 bits per heavy atom. The summed E-state index contributed by atoms with van der Waals surface area (Å²) in [5.41, 5.74) is 5.99. The Hall–Kier alpha value is -1.23. The molecule has 1 aliphatic carbocycles. The summed E-state index contributed by atoms with van der Waals surface area (Å²) >= 11 is 0. The zero-order valence-corrected chi connectivity index (χ0v) is 9.00. The minimum absolute atomic E-state index is 0.145. The fraction of sp³-hybridized carbons (Fsp3) is 0.500. The number of rotatable bonds is 1. The second-order valence-electron chi connectivity index (χ2n) is 4.70. The first-order valence-electron chi connectivity index (χ1n) is 5.60. The molecule has 1 aliphatic heterocycles. The van der Waals surface area contributed by atoms with Crippen molar-refractivity contribution in [2.45, 2.75) is 31.2 Å². The van der Waals surface area contributed by atoms with Gasteiger partial charge in [0.15, 0.2) is 0 Å². The van der Waals surface area contributed by atoms with Crippen molar-refractivity contribution in [2.75, 3.05) is 0 Å². The Balaban J connectivity index is 1.94. The fourth-order valence-corrected chi connectivity index (χ4v) is 2.30. The first-order chi connectivity index (χ1) is 7.97. The Labute approximate surface area is 96.6 Å². The van der Waals surface area contributed by atoms with E-state index in [-0.39, 0.29) is 12.1 Å². The Kier molecular flexibility index (Phi) is 2.17. The molecular weight excluding hydrogens is 231 g/mol. The third-order valence-electron chi connectivity index (χ3n) is 3.40. The van der Waals surface area contributed by atoms with Gasteiger partial charge in [-0.15, -0.1) is 0 Å². The van der Waals surface area contributed by atoms with Crippen LogP contribution in [0, 0.1) is 5.92 Å². The van der Waals surface area contributed by atoms with Gasteiger partial charge >= 0.3 is 6.18 Å². The van der Waals surface area contributed by atoms with E-state index in [1.54, 1.807) is 0 Å². The second-order valence-corrected chi connectivity index (χ2v) is 4.70. The van der Waals surface area contributed by atoms with Gasteiger partial charge in [0.1, 0.15) is 11.9 Å². The highest BCUT2D eigenvalue weighted by Gasteiger charge is 2.43. The molecule has 2 N–H and O–H groups in total. The summed E-state index contributed by atoms with van der Waals surface area (Å²) < 4.78 is 43.2. The molecule has 92 valence electrons. The molecule has 2 nitrogen and oxygen atoms in total. The van der Waals surface area contributed by atoms with Gasteiger partial charge in [0, 0.05) is 5.56 Å². The van der Waals surface area contributed by atoms with Crippen molar-refractivity contribution in [1.29, 1.82) is 0 Å². The lowest BCUT2D eigenvalue weighted by Crippen LogP contribution is -2.27. The summed E-state index contributed by atoms with van der Waals surface area (Å²) in [5, 5.41) is 0. The topological polar surface area (TPSA) is 35.2 Å². The van der Waals surface area contributed by atoms with Gasteiger partial charge in [0.2, 0.25) is 0 Å². The lowest BCUT2D eigenvalue weighted by atomic mass is 10.0. The van der Waals surface area contributed by atoms with Crippen molar-refractivity contribution >= 4 is 0 Å². The Morgan fingerprint density at radius 1 is 1.24 bits per heavy atom. The van der Waals surface area contributed by atoms with Crippen LogP contribution < -0.4 is 10.5 Å². The van der Waals surface area contributed by atoms with Crippen LogP contribution in [0.4, 0.5) is 13.2 Å². The average Bonchev–Trinajstić information content (AvgIpc) is 3.03. The number of hydrogen-bond donors (Lipinski definition) is 1. The molecule has 3 rings (SSSR count). The van der Waals surface area contributed by atoms with E-state index in [0.29, 0.717) is 17.2 Å². The highest BCUT2D eigenvalue weighted by molar-refractivity contribution is 5.44. The number of alkyl halides is 3. The monoisotopic (exact) mass is 243 g/mol. The quantitative estimate of drug-likeness (QED) is 0.823. The Morgan fingerprint density at radius 2 is 1.94 bits per heavy atom. The van der Waals surface area contributed by atoms with E-state index in [1.165, 1.54) is 6.07 Å². The van der Waals surface area contributed by atoms with E-state index >= 15 is 0 Å². The van der Waals surface area contributed by atoms with Gasteiger partial charge in [0.05, 0.1) is 11.6 Å². The lowest BCUT2D eigenvalue weighted by Gasteiger charge is -2.13. The molecule has 5 heteroatoms. The molecule has 2 aliphatic rings. The second kappa shape index (κ2) is 3.38. The minimum Gasteiger partial charge on any atom is -0.488 e. The highest BCUT2D eigenvalue weighted by Crippen LogP contribution is 2.47. The van der Waals surface area contributed by atoms with Crippen molar-refractivity contribution in [3.8, 4) is 5.75 Å². The van der Waals surface area contributed by atoms with E-state index in [0.717, 1.165) is 25.0 Å². The lowest BCUT2D eigenvalue weighted by molar-refractivity contribution is -0.137. The number of nitrogens with two attached hydrogens (primary N) is 1. The van der Waals surface area contributed by atoms with Crippen molar-refractivity contribution in [1.82, 2.24) is 0 Å². The van der Waals surface area contributed by atoms with E-state index in [1.807, 2.05) is 0 Å². The van der Waals surface area contributed by atoms with E-state index in [4.69, 9.17) is 10.5 Å². The van der Waals surface area contributed by atoms with Gasteiger partial charge in [-0.1, -0.05) is 6.07 Å². The molecule has 1 fully saturated rings. The van der Waals surface area contributed by atoms with Crippen molar-refractivity contribution in [2.24, 2.45) is 11.7 Å². The van der Waals surface area contributed by atoms with Gasteiger partial charge in [-0.2, -0.15) is 13.2 Å². The van der Waals surface area contributed by atoms with Crippen LogP contribution in [0.15, 0.2) is 18.2 Å². The SMILES string of the molecule is NC1c2ccc(C(F)(F)F)cc2OC1C1CC1. The largest absolute Gasteiger partial charge is 0.488 e. The highest BCUT2D eigenvalue weighted by atomic mass is 19.4. The van der Waals surface area contributed by atoms with Gasteiger partial charge in [-0.25, -0.2) is 0 Å². The van der Waals surface area contributed by atoms with Crippen LogP contribution in [0.3, 0.4) is 0 Å². The maximum Gasteiger partial charge on any atom is 0.416 e. The van der Waals surface area contributed by atoms with Crippen LogP contribution in [-0.2, 0) is 6.18 Å². The molecule has 1 aromatic carbocycles. The third kappa shape index (κ3) is 1.78. The average molecular weight is 243 g/mol. The smallest absolute Gasteiger partial charge is 0.416 e. The van der Waals surface area contributed by atoms with Gasteiger partial charge in [0.25, 0.3) is 0 Å². The van der Waals surface area contributed by atoms with E-state index in [2.05, 4.69) is 0 Å². The van der Waals surface area contributed by atoms with Crippen LogP contribution >= 0.6 is 0 Å². The number of fused-ring (bicyclic) bond motifs is 1. The molecule has 0 amide bonds. The summed E-state index contributed by atoms with van der Waals surface area (Å²) in [6.45, 7) is 0. The summed E-state index contributed by atoms with van der Waals surface area (Å²) in [7, 11) is 0. The van der Waals surface area contributed by atoms with E-state index < -0.39 is 11.7 Å². The number of halogens is 3. The van der Waals surface area contributed by atoms with Crippen molar-refractivity contribution in [3.63, 3.8) is 0 Å². The molecule has 2 unspecified atom stereocenters. The zero-order chi connectivity index (χ0) is 12.2. The molecule has 0 aromatic heterocycles. The molecule has 17 heavy (non-hydrogen) atoms. The van der Waals surface area contributed by atoms with Gasteiger partial charge in [-0.3, -0.25) is 0 Å². The molecule has 1 aromatic rings. The molecule has 1 heterocycles. The summed E-state index contributed by atoms with van der Waals surface area (Å²) in [6, 6.07) is 3.26. The molecule has 2 atom stereocenters. The zero-order valence-electron chi connectivity index (χ0n) is 9.00. The standard InChI is InChI=1S/C12H12F3NO/c13-12(14,15)7-3-4-8-9(5-7)17-11(10(8)16)6-1-2-6/h3-6,10-11H,1-2,16H2. The first kappa shape index (κ1) is 10.9.